The minimum absolute atomic E-state index is 0.124. The molecule has 178 valence electrons. The zero-order valence-corrected chi connectivity index (χ0v) is 19.8. The second-order valence-corrected chi connectivity index (χ2v) is 9.02. The van der Waals surface area contributed by atoms with Gasteiger partial charge in [-0.2, -0.15) is 0 Å². The monoisotopic (exact) mass is 450 g/mol. The van der Waals surface area contributed by atoms with Crippen molar-refractivity contribution in [3.05, 3.63) is 60.2 Å². The van der Waals surface area contributed by atoms with Crippen LogP contribution < -0.4 is 21.3 Å². The molecule has 33 heavy (non-hydrogen) atoms. The number of carbonyl (C=O) groups is 2. The van der Waals surface area contributed by atoms with Crippen LogP contribution in [0.2, 0.25) is 0 Å². The first kappa shape index (κ1) is 24.8. The number of unbranched alkanes of at least 4 members (excludes halogenated alkanes) is 1. The highest BCUT2D eigenvalue weighted by molar-refractivity contribution is 5.97. The molecule has 0 saturated heterocycles. The molecule has 4 N–H and O–H groups in total. The summed E-state index contributed by atoms with van der Waals surface area (Å²) in [5.74, 6) is -0.311. The number of hydrogen-bond donors (Lipinski definition) is 3. The average Bonchev–Trinajstić information content (AvgIpc) is 2.84. The molecular formula is C27H38N4O2. The summed E-state index contributed by atoms with van der Waals surface area (Å²) in [6, 6.07) is 17.6. The van der Waals surface area contributed by atoms with Crippen molar-refractivity contribution in [1.29, 1.82) is 0 Å². The van der Waals surface area contributed by atoms with E-state index in [-0.39, 0.29) is 18.4 Å². The molecule has 3 rings (SSSR count). The van der Waals surface area contributed by atoms with E-state index in [9.17, 15) is 9.59 Å². The zero-order chi connectivity index (χ0) is 23.5. The number of nitrogens with zero attached hydrogens (tertiary/aromatic N) is 1. The van der Waals surface area contributed by atoms with Crippen molar-refractivity contribution in [1.82, 2.24) is 5.32 Å². The Kier molecular flexibility index (Phi) is 9.76. The summed E-state index contributed by atoms with van der Waals surface area (Å²) in [6.07, 6.45) is 8.00. The smallest absolute Gasteiger partial charge is 0.246 e. The highest BCUT2D eigenvalue weighted by Gasteiger charge is 2.26. The standard InChI is InChI=1S/C27H38N4O2/c1-21-15-17-22(18-16-21)29-27(33)25(14-8-9-19-28)30-26(32)20-31(23-10-4-2-5-11-23)24-12-6-3-7-13-24/h2,4-5,10-11,15-18,24-25H,3,6-9,12-14,19-20,28H2,1H3,(H,29,33)(H,30,32)/t25-/m0/s1. The van der Waals surface area contributed by atoms with Crippen LogP contribution in [-0.4, -0.2) is 37.0 Å². The van der Waals surface area contributed by atoms with Crippen LogP contribution in [0.1, 0.15) is 56.9 Å². The minimum Gasteiger partial charge on any atom is -0.359 e. The second-order valence-electron chi connectivity index (χ2n) is 9.02. The first-order valence-electron chi connectivity index (χ1n) is 12.3. The van der Waals surface area contributed by atoms with E-state index in [2.05, 4.69) is 27.7 Å². The fourth-order valence-corrected chi connectivity index (χ4v) is 4.47. The summed E-state index contributed by atoms with van der Waals surface area (Å²) in [5.41, 5.74) is 8.57. The Bertz CT molecular complexity index is 863. The van der Waals surface area contributed by atoms with Crippen LogP contribution in [0.15, 0.2) is 54.6 Å². The van der Waals surface area contributed by atoms with Gasteiger partial charge >= 0.3 is 0 Å². The molecule has 0 bridgehead atoms. The number of aryl methyl sites for hydroxylation is 1. The van der Waals surface area contributed by atoms with Crippen molar-refractivity contribution in [2.24, 2.45) is 5.73 Å². The number of rotatable bonds is 11. The van der Waals surface area contributed by atoms with Gasteiger partial charge in [0.15, 0.2) is 0 Å². The summed E-state index contributed by atoms with van der Waals surface area (Å²) in [6.45, 7) is 2.83. The van der Waals surface area contributed by atoms with E-state index in [1.165, 1.54) is 19.3 Å². The average molecular weight is 451 g/mol. The van der Waals surface area contributed by atoms with Crippen LogP contribution in [0, 0.1) is 6.92 Å². The predicted molar refractivity (Wildman–Crippen MR) is 135 cm³/mol. The molecule has 6 heteroatoms. The van der Waals surface area contributed by atoms with Crippen molar-refractivity contribution in [3.63, 3.8) is 0 Å². The van der Waals surface area contributed by atoms with Crippen molar-refractivity contribution >= 4 is 23.2 Å². The van der Waals surface area contributed by atoms with Crippen LogP contribution in [-0.2, 0) is 9.59 Å². The Morgan fingerprint density at radius 3 is 2.36 bits per heavy atom. The third-order valence-corrected chi connectivity index (χ3v) is 6.33. The van der Waals surface area contributed by atoms with E-state index in [1.54, 1.807) is 0 Å². The topological polar surface area (TPSA) is 87.5 Å². The molecule has 0 aromatic heterocycles. The summed E-state index contributed by atoms with van der Waals surface area (Å²) in [7, 11) is 0. The molecule has 1 aliphatic carbocycles. The predicted octanol–water partition coefficient (Wildman–Crippen LogP) is 4.39. The van der Waals surface area contributed by atoms with Gasteiger partial charge < -0.3 is 21.3 Å². The van der Waals surface area contributed by atoms with Gasteiger partial charge in [-0.25, -0.2) is 0 Å². The fourth-order valence-electron chi connectivity index (χ4n) is 4.47. The van der Waals surface area contributed by atoms with Gasteiger partial charge in [-0.05, 0) is 69.8 Å². The number of hydrogen-bond acceptors (Lipinski definition) is 4. The molecule has 0 aliphatic heterocycles. The Morgan fingerprint density at radius 1 is 1.00 bits per heavy atom. The molecule has 2 aromatic carbocycles. The Labute approximate surface area is 197 Å². The van der Waals surface area contributed by atoms with E-state index in [4.69, 9.17) is 5.73 Å². The van der Waals surface area contributed by atoms with Crippen LogP contribution >= 0.6 is 0 Å². The summed E-state index contributed by atoms with van der Waals surface area (Å²) in [5, 5.41) is 5.96. The largest absolute Gasteiger partial charge is 0.359 e. The number of nitrogens with one attached hydrogen (secondary N) is 2. The number of carbonyl (C=O) groups excluding carboxylic acids is 2. The Morgan fingerprint density at radius 2 is 1.70 bits per heavy atom. The van der Waals surface area contributed by atoms with Crippen molar-refractivity contribution in [3.8, 4) is 0 Å². The number of anilines is 2. The first-order chi connectivity index (χ1) is 16.1. The van der Waals surface area contributed by atoms with E-state index in [1.807, 2.05) is 49.4 Å². The Balaban J connectivity index is 1.68. The maximum absolute atomic E-state index is 13.2. The molecule has 0 heterocycles. The lowest BCUT2D eigenvalue weighted by molar-refractivity contribution is -0.125. The summed E-state index contributed by atoms with van der Waals surface area (Å²) in [4.78, 5) is 28.4. The van der Waals surface area contributed by atoms with Crippen molar-refractivity contribution in [2.45, 2.75) is 70.4 Å². The molecular weight excluding hydrogens is 412 g/mol. The van der Waals surface area contributed by atoms with Crippen LogP contribution in [0.25, 0.3) is 0 Å². The molecule has 0 unspecified atom stereocenters. The van der Waals surface area contributed by atoms with E-state index < -0.39 is 6.04 Å². The lowest BCUT2D eigenvalue weighted by atomic mass is 9.93. The number of para-hydroxylation sites is 1. The van der Waals surface area contributed by atoms with Gasteiger partial charge in [0.05, 0.1) is 6.54 Å². The minimum atomic E-state index is -0.589. The maximum atomic E-state index is 13.2. The van der Waals surface area contributed by atoms with Gasteiger partial charge in [-0.3, -0.25) is 9.59 Å². The van der Waals surface area contributed by atoms with Crippen molar-refractivity contribution in [2.75, 3.05) is 23.3 Å². The second kappa shape index (κ2) is 13.0. The lowest BCUT2D eigenvalue weighted by Gasteiger charge is -2.36. The van der Waals surface area contributed by atoms with Crippen LogP contribution in [0.3, 0.4) is 0 Å². The van der Waals surface area contributed by atoms with Crippen LogP contribution in [0.4, 0.5) is 11.4 Å². The highest BCUT2D eigenvalue weighted by atomic mass is 16.2. The summed E-state index contributed by atoms with van der Waals surface area (Å²) >= 11 is 0. The molecule has 2 aromatic rings. The van der Waals surface area contributed by atoms with Gasteiger partial charge in [0.1, 0.15) is 6.04 Å². The SMILES string of the molecule is Cc1ccc(NC(=O)[C@H](CCCCN)NC(=O)CN(c2ccccc2)C2CCCCC2)cc1. The molecule has 1 saturated carbocycles. The Hall–Kier alpha value is -2.86. The quantitative estimate of drug-likeness (QED) is 0.443. The van der Waals surface area contributed by atoms with E-state index in [0.29, 0.717) is 19.0 Å². The number of amides is 2. The van der Waals surface area contributed by atoms with Gasteiger partial charge in [0.25, 0.3) is 0 Å². The number of nitrogens with two attached hydrogens (primary N) is 1. The normalized spacial score (nSPS) is 15.0. The molecule has 2 amide bonds. The first-order valence-corrected chi connectivity index (χ1v) is 12.3. The molecule has 6 nitrogen and oxygen atoms in total. The number of benzene rings is 2. The molecule has 1 fully saturated rings. The van der Waals surface area contributed by atoms with E-state index >= 15 is 0 Å². The van der Waals surface area contributed by atoms with Crippen LogP contribution in [0.5, 0.6) is 0 Å². The third kappa shape index (κ3) is 7.90. The van der Waals surface area contributed by atoms with Crippen molar-refractivity contribution < 1.29 is 9.59 Å². The molecule has 1 atom stereocenters. The summed E-state index contributed by atoms with van der Waals surface area (Å²) < 4.78 is 0. The lowest BCUT2D eigenvalue weighted by Crippen LogP contribution is -2.49. The fraction of sp³-hybridized carbons (Fsp3) is 0.481. The molecule has 0 radical (unpaired) electrons. The maximum Gasteiger partial charge on any atom is 0.246 e. The van der Waals surface area contributed by atoms with Gasteiger partial charge in [0.2, 0.25) is 11.8 Å². The third-order valence-electron chi connectivity index (χ3n) is 6.33. The van der Waals surface area contributed by atoms with Gasteiger partial charge in [-0.15, -0.1) is 0 Å². The van der Waals surface area contributed by atoms with E-state index in [0.717, 1.165) is 42.6 Å². The van der Waals surface area contributed by atoms with Gasteiger partial charge in [0, 0.05) is 17.4 Å². The van der Waals surface area contributed by atoms with Gasteiger partial charge in [-0.1, -0.05) is 55.2 Å². The molecule has 1 aliphatic rings. The highest BCUT2D eigenvalue weighted by Crippen LogP contribution is 2.27. The zero-order valence-electron chi connectivity index (χ0n) is 19.8. The molecule has 0 spiro atoms.